The first-order valence-corrected chi connectivity index (χ1v) is 10.1. The summed E-state index contributed by atoms with van der Waals surface area (Å²) in [5.41, 5.74) is 2.99. The highest BCUT2D eigenvalue weighted by atomic mass is 16.5. The van der Waals surface area contributed by atoms with Crippen molar-refractivity contribution in [1.29, 1.82) is 0 Å². The monoisotopic (exact) mass is 358 g/mol. The minimum Gasteiger partial charge on any atom is -0.376 e. The van der Waals surface area contributed by atoms with E-state index in [2.05, 4.69) is 29.2 Å². The van der Waals surface area contributed by atoms with Gasteiger partial charge >= 0.3 is 0 Å². The van der Waals surface area contributed by atoms with Crippen LogP contribution < -0.4 is 0 Å². The molecule has 4 rings (SSSR count). The van der Waals surface area contributed by atoms with E-state index in [1.54, 1.807) is 0 Å². The van der Waals surface area contributed by atoms with Crippen LogP contribution in [0.3, 0.4) is 0 Å². The van der Waals surface area contributed by atoms with Gasteiger partial charge in [0.2, 0.25) is 5.91 Å². The first-order valence-electron chi connectivity index (χ1n) is 10.1. The summed E-state index contributed by atoms with van der Waals surface area (Å²) in [4.78, 5) is 17.0. The van der Waals surface area contributed by atoms with E-state index >= 15 is 0 Å². The summed E-state index contributed by atoms with van der Waals surface area (Å²) in [6, 6.07) is 9.39. The van der Waals surface area contributed by atoms with E-state index < -0.39 is 0 Å². The molecule has 142 valence electrons. The molecule has 2 saturated heterocycles. The highest BCUT2D eigenvalue weighted by Crippen LogP contribution is 2.26. The topological polar surface area (TPSA) is 42.0 Å². The Labute approximate surface area is 156 Å². The Morgan fingerprint density at radius 2 is 1.88 bits per heavy atom. The van der Waals surface area contributed by atoms with E-state index in [4.69, 9.17) is 9.47 Å². The Morgan fingerprint density at radius 1 is 1.08 bits per heavy atom. The van der Waals surface area contributed by atoms with Crippen LogP contribution in [0.4, 0.5) is 0 Å². The van der Waals surface area contributed by atoms with Gasteiger partial charge in [-0.25, -0.2) is 0 Å². The van der Waals surface area contributed by atoms with Crippen LogP contribution in [0, 0.1) is 0 Å². The minimum absolute atomic E-state index is 0.125. The van der Waals surface area contributed by atoms with Gasteiger partial charge in [0, 0.05) is 38.8 Å². The van der Waals surface area contributed by atoms with Crippen molar-refractivity contribution in [3.05, 3.63) is 35.4 Å². The number of rotatable bonds is 5. The largest absolute Gasteiger partial charge is 0.376 e. The van der Waals surface area contributed by atoms with E-state index in [0.29, 0.717) is 12.6 Å². The molecule has 0 saturated carbocycles. The highest BCUT2D eigenvalue weighted by Gasteiger charge is 2.29. The van der Waals surface area contributed by atoms with Gasteiger partial charge < -0.3 is 14.4 Å². The molecule has 1 aromatic carbocycles. The number of nitrogens with zero attached hydrogens (tertiary/aromatic N) is 2. The second kappa shape index (κ2) is 8.51. The zero-order valence-corrected chi connectivity index (χ0v) is 15.6. The molecule has 0 unspecified atom stereocenters. The molecular weight excluding hydrogens is 328 g/mol. The van der Waals surface area contributed by atoms with Gasteiger partial charge in [0.25, 0.3) is 0 Å². The minimum atomic E-state index is 0.125. The van der Waals surface area contributed by atoms with Gasteiger partial charge in [-0.1, -0.05) is 24.3 Å². The Hall–Kier alpha value is -1.43. The number of hydrogen-bond acceptors (Lipinski definition) is 4. The van der Waals surface area contributed by atoms with Crippen molar-refractivity contribution >= 4 is 5.91 Å². The molecule has 1 atom stereocenters. The predicted octanol–water partition coefficient (Wildman–Crippen LogP) is 1.88. The highest BCUT2D eigenvalue weighted by molar-refractivity contribution is 5.77. The summed E-state index contributed by atoms with van der Waals surface area (Å²) in [5.74, 6) is 0.125. The van der Waals surface area contributed by atoms with Gasteiger partial charge in [-0.2, -0.15) is 0 Å². The van der Waals surface area contributed by atoms with Gasteiger partial charge in [-0.05, 0) is 43.2 Å². The summed E-state index contributed by atoms with van der Waals surface area (Å²) in [7, 11) is 0. The quantitative estimate of drug-likeness (QED) is 0.806. The number of fused-ring (bicyclic) bond motifs is 1. The van der Waals surface area contributed by atoms with Crippen molar-refractivity contribution in [3.8, 4) is 0 Å². The maximum absolute atomic E-state index is 12.5. The molecule has 3 aliphatic rings. The van der Waals surface area contributed by atoms with Crippen molar-refractivity contribution in [1.82, 2.24) is 9.80 Å². The fourth-order valence-electron chi connectivity index (χ4n) is 4.49. The lowest BCUT2D eigenvalue weighted by Gasteiger charge is -2.27. The number of benzene rings is 1. The Balaban J connectivity index is 1.22. The van der Waals surface area contributed by atoms with E-state index in [0.717, 1.165) is 64.9 Å². The van der Waals surface area contributed by atoms with Gasteiger partial charge in [0.1, 0.15) is 6.61 Å². The zero-order chi connectivity index (χ0) is 17.8. The molecule has 1 amide bonds. The van der Waals surface area contributed by atoms with Crippen LogP contribution in [0.5, 0.6) is 0 Å². The molecule has 0 aromatic heterocycles. The maximum Gasteiger partial charge on any atom is 0.248 e. The molecule has 5 heteroatoms. The molecule has 2 aliphatic heterocycles. The number of amides is 1. The first-order chi connectivity index (χ1) is 12.8. The number of carbonyl (C=O) groups is 1. The van der Waals surface area contributed by atoms with Crippen molar-refractivity contribution in [3.63, 3.8) is 0 Å². The van der Waals surface area contributed by atoms with E-state index in [1.807, 2.05) is 4.90 Å². The third kappa shape index (κ3) is 4.27. The van der Waals surface area contributed by atoms with Crippen LogP contribution in [0.1, 0.15) is 30.4 Å². The van der Waals surface area contributed by atoms with Crippen molar-refractivity contribution in [2.75, 3.05) is 46.0 Å². The lowest BCUT2D eigenvalue weighted by atomic mass is 10.1. The second-order valence-corrected chi connectivity index (χ2v) is 7.75. The molecule has 1 aromatic rings. The summed E-state index contributed by atoms with van der Waals surface area (Å²) in [5, 5.41) is 0. The summed E-state index contributed by atoms with van der Waals surface area (Å²) >= 11 is 0. The van der Waals surface area contributed by atoms with Gasteiger partial charge in [-0.15, -0.1) is 0 Å². The van der Waals surface area contributed by atoms with Crippen LogP contribution in [-0.2, 0) is 27.1 Å². The molecule has 26 heavy (non-hydrogen) atoms. The molecule has 1 aliphatic carbocycles. The molecule has 2 heterocycles. The zero-order valence-electron chi connectivity index (χ0n) is 15.6. The molecular formula is C21H30N2O3. The smallest absolute Gasteiger partial charge is 0.248 e. The van der Waals surface area contributed by atoms with Gasteiger partial charge in [-0.3, -0.25) is 9.69 Å². The molecule has 0 radical (unpaired) electrons. The normalized spacial score (nSPS) is 24.6. The van der Waals surface area contributed by atoms with Crippen LogP contribution in [0.2, 0.25) is 0 Å². The molecule has 2 fully saturated rings. The Morgan fingerprint density at radius 3 is 2.62 bits per heavy atom. The average Bonchev–Trinajstić information content (AvgIpc) is 3.25. The lowest BCUT2D eigenvalue weighted by Crippen LogP contribution is -2.41. The third-order valence-corrected chi connectivity index (χ3v) is 5.98. The molecule has 0 spiro atoms. The standard InChI is InChI=1S/C21H30N2O3/c24-21(16-25-15-20-7-3-12-26-20)23-9-4-8-22(10-11-23)19-13-17-5-1-2-6-18(17)14-19/h1-2,5-6,19-20H,3-4,7-16H2/t20-/m0/s1. The summed E-state index contributed by atoms with van der Waals surface area (Å²) in [6.45, 7) is 5.28. The van der Waals surface area contributed by atoms with E-state index in [1.165, 1.54) is 11.1 Å². The molecule has 0 bridgehead atoms. The summed E-state index contributed by atoms with van der Waals surface area (Å²) < 4.78 is 11.2. The maximum atomic E-state index is 12.5. The van der Waals surface area contributed by atoms with Crippen molar-refractivity contribution in [2.24, 2.45) is 0 Å². The third-order valence-electron chi connectivity index (χ3n) is 5.98. The number of carbonyl (C=O) groups excluding carboxylic acids is 1. The van der Waals surface area contributed by atoms with Crippen LogP contribution >= 0.6 is 0 Å². The Kier molecular flexibility index (Phi) is 5.88. The second-order valence-electron chi connectivity index (χ2n) is 7.75. The fourth-order valence-corrected chi connectivity index (χ4v) is 4.49. The average molecular weight is 358 g/mol. The predicted molar refractivity (Wildman–Crippen MR) is 100 cm³/mol. The number of ether oxygens (including phenoxy) is 2. The van der Waals surface area contributed by atoms with Gasteiger partial charge in [0.05, 0.1) is 12.7 Å². The van der Waals surface area contributed by atoms with Crippen LogP contribution in [-0.4, -0.2) is 73.9 Å². The molecule has 0 N–H and O–H groups in total. The Bertz CT molecular complexity index is 590. The first kappa shape index (κ1) is 18.0. The van der Waals surface area contributed by atoms with E-state index in [9.17, 15) is 4.79 Å². The van der Waals surface area contributed by atoms with Crippen molar-refractivity contribution in [2.45, 2.75) is 44.2 Å². The summed E-state index contributed by atoms with van der Waals surface area (Å²) in [6.07, 6.45) is 5.69. The lowest BCUT2D eigenvalue weighted by molar-refractivity contribution is -0.137. The van der Waals surface area contributed by atoms with E-state index in [-0.39, 0.29) is 18.6 Å². The van der Waals surface area contributed by atoms with Crippen molar-refractivity contribution < 1.29 is 14.3 Å². The van der Waals surface area contributed by atoms with Gasteiger partial charge in [0.15, 0.2) is 0 Å². The number of hydrogen-bond donors (Lipinski definition) is 0. The fraction of sp³-hybridized carbons (Fsp3) is 0.667. The molecule has 5 nitrogen and oxygen atoms in total. The van der Waals surface area contributed by atoms with Crippen LogP contribution in [0.15, 0.2) is 24.3 Å². The SMILES string of the molecule is O=C(COC[C@@H]1CCCO1)N1CCCN(C2Cc3ccccc3C2)CC1. The van der Waals surface area contributed by atoms with Crippen LogP contribution in [0.25, 0.3) is 0 Å².